The molecule has 0 aliphatic heterocycles. The van der Waals surface area contributed by atoms with Crippen molar-refractivity contribution < 1.29 is 9.53 Å². The van der Waals surface area contributed by atoms with E-state index < -0.39 is 0 Å². The van der Waals surface area contributed by atoms with Gasteiger partial charge in [-0.25, -0.2) is 0 Å². The third-order valence-electron chi connectivity index (χ3n) is 3.80. The van der Waals surface area contributed by atoms with Crippen LogP contribution in [-0.4, -0.2) is 11.4 Å². The van der Waals surface area contributed by atoms with E-state index in [1.807, 2.05) is 13.8 Å². The Balaban J connectivity index is 2.86. The number of carbonyl (C=O) groups excluding carboxylic acids is 1. The zero-order chi connectivity index (χ0) is 12.5. The molecule has 0 saturated heterocycles. The first-order chi connectivity index (χ1) is 7.35. The maximum atomic E-state index is 11.9. The van der Waals surface area contributed by atoms with Crippen LogP contribution in [0.2, 0.25) is 0 Å². The van der Waals surface area contributed by atoms with E-state index in [-0.39, 0.29) is 17.3 Å². The van der Waals surface area contributed by atoms with Crippen molar-refractivity contribution >= 4 is 5.78 Å². The van der Waals surface area contributed by atoms with Gasteiger partial charge in [-0.15, -0.1) is 0 Å². The molecule has 0 fully saturated rings. The standard InChI is InChI=1S/C14H24O2/c1-7-10-11(8-2)13(12(10)15)16-14(5,6)9(3)4/h9-10H,7-8H2,1-6H3. The maximum Gasteiger partial charge on any atom is 0.204 e. The number of hydrogen-bond acceptors (Lipinski definition) is 2. The summed E-state index contributed by atoms with van der Waals surface area (Å²) in [5, 5.41) is 0. The Morgan fingerprint density at radius 2 is 1.88 bits per heavy atom. The largest absolute Gasteiger partial charge is 0.484 e. The average Bonchev–Trinajstić information content (AvgIpc) is 2.21. The highest BCUT2D eigenvalue weighted by molar-refractivity contribution is 6.05. The van der Waals surface area contributed by atoms with Crippen LogP contribution in [0.1, 0.15) is 54.4 Å². The van der Waals surface area contributed by atoms with Crippen LogP contribution < -0.4 is 0 Å². The van der Waals surface area contributed by atoms with Crippen molar-refractivity contribution in [1.82, 2.24) is 0 Å². The minimum Gasteiger partial charge on any atom is -0.484 e. The Bertz CT molecular complexity index is 311. The molecule has 0 radical (unpaired) electrons. The first-order valence-electron chi connectivity index (χ1n) is 6.31. The van der Waals surface area contributed by atoms with E-state index in [1.54, 1.807) is 0 Å². The summed E-state index contributed by atoms with van der Waals surface area (Å²) < 4.78 is 5.91. The van der Waals surface area contributed by atoms with E-state index in [9.17, 15) is 4.79 Å². The third-order valence-corrected chi connectivity index (χ3v) is 3.80. The highest BCUT2D eigenvalue weighted by atomic mass is 16.5. The van der Waals surface area contributed by atoms with Gasteiger partial charge in [0.25, 0.3) is 0 Å². The zero-order valence-electron chi connectivity index (χ0n) is 11.4. The lowest BCUT2D eigenvalue weighted by molar-refractivity contribution is -0.130. The lowest BCUT2D eigenvalue weighted by Crippen LogP contribution is -2.39. The molecular weight excluding hydrogens is 200 g/mol. The molecule has 0 bridgehead atoms. The van der Waals surface area contributed by atoms with Gasteiger partial charge in [-0.1, -0.05) is 27.7 Å². The van der Waals surface area contributed by atoms with Crippen LogP contribution in [-0.2, 0) is 9.53 Å². The SMILES string of the molecule is CCC1=C(OC(C)(C)C(C)C)C(=O)C1CC. The second-order valence-electron chi connectivity index (χ2n) is 5.39. The van der Waals surface area contributed by atoms with Gasteiger partial charge < -0.3 is 4.74 Å². The van der Waals surface area contributed by atoms with Crippen molar-refractivity contribution in [2.24, 2.45) is 11.8 Å². The molecule has 0 amide bonds. The fourth-order valence-corrected chi connectivity index (χ4v) is 1.89. The summed E-state index contributed by atoms with van der Waals surface area (Å²) in [4.78, 5) is 11.9. The minimum atomic E-state index is -0.260. The fourth-order valence-electron chi connectivity index (χ4n) is 1.89. The summed E-state index contributed by atoms with van der Waals surface area (Å²) >= 11 is 0. The normalized spacial score (nSPS) is 21.4. The molecule has 0 aromatic rings. The van der Waals surface area contributed by atoms with E-state index >= 15 is 0 Å². The predicted molar refractivity (Wildman–Crippen MR) is 66.1 cm³/mol. The molecule has 92 valence electrons. The Morgan fingerprint density at radius 3 is 2.25 bits per heavy atom. The molecule has 0 aromatic carbocycles. The van der Waals surface area contributed by atoms with Gasteiger partial charge in [0.15, 0.2) is 5.76 Å². The second kappa shape index (κ2) is 4.60. The Labute approximate surface area is 99.1 Å². The molecule has 16 heavy (non-hydrogen) atoms. The smallest absolute Gasteiger partial charge is 0.204 e. The molecule has 1 atom stereocenters. The van der Waals surface area contributed by atoms with Gasteiger partial charge in [0, 0.05) is 0 Å². The van der Waals surface area contributed by atoms with Crippen LogP contribution in [0.4, 0.5) is 0 Å². The third kappa shape index (κ3) is 2.16. The van der Waals surface area contributed by atoms with Gasteiger partial charge in [-0.3, -0.25) is 4.79 Å². The predicted octanol–water partition coefficient (Wildman–Crippen LogP) is 3.71. The molecule has 2 heteroatoms. The summed E-state index contributed by atoms with van der Waals surface area (Å²) in [5.41, 5.74) is 0.950. The van der Waals surface area contributed by atoms with Gasteiger partial charge in [0.05, 0.1) is 5.92 Å². The number of ketones is 1. The quantitative estimate of drug-likeness (QED) is 0.711. The Hall–Kier alpha value is -0.790. The molecule has 0 saturated carbocycles. The molecule has 1 unspecified atom stereocenters. The minimum absolute atomic E-state index is 0.128. The molecule has 2 nitrogen and oxygen atoms in total. The monoisotopic (exact) mass is 224 g/mol. The topological polar surface area (TPSA) is 26.3 Å². The van der Waals surface area contributed by atoms with Gasteiger partial charge >= 0.3 is 0 Å². The number of hydrogen-bond donors (Lipinski definition) is 0. The first-order valence-corrected chi connectivity index (χ1v) is 6.31. The Kier molecular flexibility index (Phi) is 3.82. The summed E-state index contributed by atoms with van der Waals surface area (Å²) in [6, 6.07) is 0. The number of carbonyl (C=O) groups is 1. The molecule has 1 rings (SSSR count). The van der Waals surface area contributed by atoms with Crippen molar-refractivity contribution in [3.05, 3.63) is 11.3 Å². The van der Waals surface area contributed by atoms with Crippen molar-refractivity contribution in [2.45, 2.75) is 60.0 Å². The number of ether oxygens (including phenoxy) is 1. The summed E-state index contributed by atoms with van der Waals surface area (Å²) in [7, 11) is 0. The van der Waals surface area contributed by atoms with Crippen molar-refractivity contribution in [2.75, 3.05) is 0 Å². The molecule has 0 spiro atoms. The van der Waals surface area contributed by atoms with Crippen LogP contribution in [0, 0.1) is 11.8 Å². The summed E-state index contributed by atoms with van der Waals surface area (Å²) in [6.45, 7) is 12.5. The van der Waals surface area contributed by atoms with Gasteiger partial charge in [0.2, 0.25) is 5.78 Å². The molecule has 0 heterocycles. The maximum absolute atomic E-state index is 11.9. The molecule has 0 aromatic heterocycles. The van der Waals surface area contributed by atoms with Crippen molar-refractivity contribution in [3.8, 4) is 0 Å². The number of allylic oxidation sites excluding steroid dienone is 2. The van der Waals surface area contributed by atoms with Gasteiger partial charge in [0.1, 0.15) is 5.60 Å². The van der Waals surface area contributed by atoms with Crippen LogP contribution in [0.3, 0.4) is 0 Å². The van der Waals surface area contributed by atoms with Crippen LogP contribution >= 0.6 is 0 Å². The molecular formula is C14H24O2. The van der Waals surface area contributed by atoms with E-state index in [0.717, 1.165) is 12.8 Å². The second-order valence-corrected chi connectivity index (χ2v) is 5.39. The highest BCUT2D eigenvalue weighted by Crippen LogP contribution is 2.39. The molecule has 1 aliphatic rings. The van der Waals surface area contributed by atoms with Gasteiger partial charge in [-0.2, -0.15) is 0 Å². The van der Waals surface area contributed by atoms with E-state index in [2.05, 4.69) is 27.7 Å². The van der Waals surface area contributed by atoms with Crippen molar-refractivity contribution in [3.63, 3.8) is 0 Å². The van der Waals surface area contributed by atoms with Gasteiger partial charge in [-0.05, 0) is 38.2 Å². The highest BCUT2D eigenvalue weighted by Gasteiger charge is 2.41. The molecule has 1 aliphatic carbocycles. The average molecular weight is 224 g/mol. The summed E-state index contributed by atoms with van der Waals surface area (Å²) in [5.74, 6) is 1.37. The van der Waals surface area contributed by atoms with Crippen molar-refractivity contribution in [1.29, 1.82) is 0 Å². The van der Waals surface area contributed by atoms with Crippen LogP contribution in [0.25, 0.3) is 0 Å². The van der Waals surface area contributed by atoms with Crippen LogP contribution in [0.15, 0.2) is 11.3 Å². The fraction of sp³-hybridized carbons (Fsp3) is 0.786. The lowest BCUT2D eigenvalue weighted by atomic mass is 9.77. The Morgan fingerprint density at radius 1 is 1.31 bits per heavy atom. The zero-order valence-corrected chi connectivity index (χ0v) is 11.4. The summed E-state index contributed by atoms with van der Waals surface area (Å²) in [6.07, 6.45) is 1.82. The van der Waals surface area contributed by atoms with E-state index in [0.29, 0.717) is 11.7 Å². The van der Waals surface area contributed by atoms with E-state index in [1.165, 1.54) is 5.57 Å². The molecule has 0 N–H and O–H groups in total. The lowest BCUT2D eigenvalue weighted by Gasteiger charge is -2.38. The van der Waals surface area contributed by atoms with E-state index in [4.69, 9.17) is 4.74 Å². The number of Topliss-reactive ketones (excluding diaryl/α,β-unsaturated/α-hetero) is 1. The number of rotatable bonds is 5. The van der Waals surface area contributed by atoms with Crippen LogP contribution in [0.5, 0.6) is 0 Å². The first kappa shape index (κ1) is 13.3.